The van der Waals surface area contributed by atoms with Crippen LogP contribution in [0.2, 0.25) is 0 Å². The summed E-state index contributed by atoms with van der Waals surface area (Å²) in [5, 5.41) is 2.90. The van der Waals surface area contributed by atoms with Crippen LogP contribution >= 0.6 is 27.5 Å². The van der Waals surface area contributed by atoms with Crippen molar-refractivity contribution >= 4 is 33.4 Å². The molecule has 0 bridgehead atoms. The summed E-state index contributed by atoms with van der Waals surface area (Å²) in [6.07, 6.45) is 2.36. The van der Waals surface area contributed by atoms with Crippen molar-refractivity contribution < 1.29 is 9.53 Å². The Kier molecular flexibility index (Phi) is 4.51. The van der Waals surface area contributed by atoms with Gasteiger partial charge in [0, 0.05) is 12.1 Å². The third-order valence-electron chi connectivity index (χ3n) is 3.01. The molecule has 18 heavy (non-hydrogen) atoms. The first-order valence-electron chi connectivity index (χ1n) is 5.87. The van der Waals surface area contributed by atoms with Crippen LogP contribution in [0.15, 0.2) is 22.7 Å². The van der Waals surface area contributed by atoms with Crippen molar-refractivity contribution in [2.45, 2.75) is 18.2 Å². The number of benzene rings is 1. The highest BCUT2D eigenvalue weighted by Gasteiger charge is 2.29. The molecule has 5 heteroatoms. The summed E-state index contributed by atoms with van der Waals surface area (Å²) < 4.78 is 5.88. The number of amides is 1. The number of rotatable bonds is 5. The molecule has 0 saturated heterocycles. The summed E-state index contributed by atoms with van der Waals surface area (Å²) in [5.41, 5.74) is 0.599. The highest BCUT2D eigenvalue weighted by Crippen LogP contribution is 2.35. The van der Waals surface area contributed by atoms with Crippen LogP contribution in [0, 0.1) is 5.92 Å². The summed E-state index contributed by atoms with van der Waals surface area (Å²) in [7, 11) is 1.59. The van der Waals surface area contributed by atoms with E-state index in [1.54, 1.807) is 25.3 Å². The Morgan fingerprint density at radius 2 is 2.33 bits per heavy atom. The first-order chi connectivity index (χ1) is 8.61. The quantitative estimate of drug-likeness (QED) is 0.841. The SMILES string of the molecule is COc1ccc(C(=O)NCC(Cl)C2CC2)cc1Br. The van der Waals surface area contributed by atoms with Gasteiger partial charge in [-0.05, 0) is 52.9 Å². The number of alkyl halides is 1. The molecule has 1 fully saturated rings. The van der Waals surface area contributed by atoms with E-state index in [9.17, 15) is 4.79 Å². The number of hydrogen-bond donors (Lipinski definition) is 1. The van der Waals surface area contributed by atoms with Crippen LogP contribution < -0.4 is 10.1 Å². The molecule has 1 unspecified atom stereocenters. The Morgan fingerprint density at radius 3 is 2.89 bits per heavy atom. The smallest absolute Gasteiger partial charge is 0.251 e. The van der Waals surface area contributed by atoms with Gasteiger partial charge in [-0.25, -0.2) is 0 Å². The molecule has 1 aromatic carbocycles. The topological polar surface area (TPSA) is 38.3 Å². The molecule has 1 atom stereocenters. The molecule has 1 aromatic rings. The predicted octanol–water partition coefficient (Wildman–Crippen LogP) is 3.20. The summed E-state index contributed by atoms with van der Waals surface area (Å²) in [6, 6.07) is 5.24. The molecular formula is C13H15BrClNO2. The lowest BCUT2D eigenvalue weighted by molar-refractivity contribution is 0.0953. The molecule has 1 aliphatic rings. The van der Waals surface area contributed by atoms with E-state index in [1.807, 2.05) is 0 Å². The van der Waals surface area contributed by atoms with Crippen molar-refractivity contribution in [3.8, 4) is 5.75 Å². The van der Waals surface area contributed by atoms with Gasteiger partial charge in [-0.1, -0.05) is 0 Å². The molecule has 1 N–H and O–H groups in total. The highest BCUT2D eigenvalue weighted by molar-refractivity contribution is 9.10. The fourth-order valence-corrected chi connectivity index (χ4v) is 2.59. The average Bonchev–Trinajstić information content (AvgIpc) is 3.19. The van der Waals surface area contributed by atoms with Crippen LogP contribution in [0.3, 0.4) is 0 Å². The third kappa shape index (κ3) is 3.39. The van der Waals surface area contributed by atoms with E-state index in [0.29, 0.717) is 23.8 Å². The largest absolute Gasteiger partial charge is 0.496 e. The molecule has 0 aliphatic heterocycles. The van der Waals surface area contributed by atoms with Gasteiger partial charge in [0.25, 0.3) is 5.91 Å². The summed E-state index contributed by atoms with van der Waals surface area (Å²) in [4.78, 5) is 11.9. The van der Waals surface area contributed by atoms with Crippen molar-refractivity contribution in [1.29, 1.82) is 0 Å². The summed E-state index contributed by atoms with van der Waals surface area (Å²) in [6.45, 7) is 0.523. The Labute approximate surface area is 120 Å². The van der Waals surface area contributed by atoms with Gasteiger partial charge in [0.15, 0.2) is 0 Å². The van der Waals surface area contributed by atoms with Crippen molar-refractivity contribution in [2.24, 2.45) is 5.92 Å². The summed E-state index contributed by atoms with van der Waals surface area (Å²) in [5.74, 6) is 1.18. The Balaban J connectivity index is 1.93. The molecule has 1 amide bonds. The molecule has 0 heterocycles. The fourth-order valence-electron chi connectivity index (χ4n) is 1.72. The van der Waals surface area contributed by atoms with Crippen LogP contribution in [0.1, 0.15) is 23.2 Å². The van der Waals surface area contributed by atoms with Crippen molar-refractivity contribution in [3.63, 3.8) is 0 Å². The number of halogens is 2. The zero-order valence-electron chi connectivity index (χ0n) is 10.1. The maximum absolute atomic E-state index is 11.9. The lowest BCUT2D eigenvalue weighted by atomic mass is 10.2. The zero-order chi connectivity index (χ0) is 13.1. The molecule has 0 aromatic heterocycles. The Hall–Kier alpha value is -0.740. The van der Waals surface area contributed by atoms with Gasteiger partial charge < -0.3 is 10.1 Å². The van der Waals surface area contributed by atoms with E-state index < -0.39 is 0 Å². The number of methoxy groups -OCH3 is 1. The Morgan fingerprint density at radius 1 is 1.61 bits per heavy atom. The van der Waals surface area contributed by atoms with E-state index in [-0.39, 0.29) is 11.3 Å². The molecule has 98 valence electrons. The second kappa shape index (κ2) is 5.93. The van der Waals surface area contributed by atoms with Crippen molar-refractivity contribution in [1.82, 2.24) is 5.32 Å². The number of carbonyl (C=O) groups excluding carboxylic acids is 1. The minimum Gasteiger partial charge on any atom is -0.496 e. The van der Waals surface area contributed by atoms with E-state index in [1.165, 1.54) is 12.8 Å². The van der Waals surface area contributed by atoms with Crippen LogP contribution in [0.5, 0.6) is 5.75 Å². The number of ether oxygens (including phenoxy) is 1. The molecule has 0 radical (unpaired) electrons. The van der Waals surface area contributed by atoms with Crippen molar-refractivity contribution in [2.75, 3.05) is 13.7 Å². The zero-order valence-corrected chi connectivity index (χ0v) is 12.4. The van der Waals surface area contributed by atoms with E-state index in [2.05, 4.69) is 21.2 Å². The van der Waals surface area contributed by atoms with E-state index >= 15 is 0 Å². The third-order valence-corrected chi connectivity index (χ3v) is 4.14. The van der Waals surface area contributed by atoms with Gasteiger partial charge in [0.05, 0.1) is 17.0 Å². The van der Waals surface area contributed by atoms with Crippen molar-refractivity contribution in [3.05, 3.63) is 28.2 Å². The standard InChI is InChI=1S/C13H15BrClNO2/c1-18-12-5-4-9(6-10(12)14)13(17)16-7-11(15)8-2-3-8/h4-6,8,11H,2-3,7H2,1H3,(H,16,17). The van der Waals surface area contributed by atoms with Gasteiger partial charge >= 0.3 is 0 Å². The highest BCUT2D eigenvalue weighted by atomic mass is 79.9. The minimum absolute atomic E-state index is 0.0515. The number of nitrogens with one attached hydrogen (secondary N) is 1. The van der Waals surface area contributed by atoms with Crippen LogP contribution in [-0.4, -0.2) is 24.9 Å². The molecule has 0 spiro atoms. The normalized spacial score (nSPS) is 16.2. The van der Waals surface area contributed by atoms with Gasteiger partial charge in [-0.2, -0.15) is 0 Å². The first kappa shape index (κ1) is 13.7. The van der Waals surface area contributed by atoms with E-state index in [4.69, 9.17) is 16.3 Å². The molecular weight excluding hydrogens is 318 g/mol. The number of carbonyl (C=O) groups is 1. The molecule has 1 saturated carbocycles. The second-order valence-electron chi connectivity index (χ2n) is 4.41. The first-order valence-corrected chi connectivity index (χ1v) is 7.10. The van der Waals surface area contributed by atoms with Gasteiger partial charge in [0.2, 0.25) is 0 Å². The van der Waals surface area contributed by atoms with Crippen LogP contribution in [-0.2, 0) is 0 Å². The van der Waals surface area contributed by atoms with Crippen LogP contribution in [0.4, 0.5) is 0 Å². The number of hydrogen-bond acceptors (Lipinski definition) is 2. The monoisotopic (exact) mass is 331 g/mol. The second-order valence-corrected chi connectivity index (χ2v) is 5.83. The lowest BCUT2D eigenvalue weighted by Gasteiger charge is -2.10. The maximum Gasteiger partial charge on any atom is 0.251 e. The van der Waals surface area contributed by atoms with Gasteiger partial charge in [0.1, 0.15) is 5.75 Å². The van der Waals surface area contributed by atoms with Gasteiger partial charge in [-0.3, -0.25) is 4.79 Å². The average molecular weight is 333 g/mol. The predicted molar refractivity (Wildman–Crippen MR) is 75.4 cm³/mol. The fraction of sp³-hybridized carbons (Fsp3) is 0.462. The molecule has 3 nitrogen and oxygen atoms in total. The maximum atomic E-state index is 11.9. The van der Waals surface area contributed by atoms with E-state index in [0.717, 1.165) is 4.47 Å². The molecule has 2 rings (SSSR count). The Bertz CT molecular complexity index is 449. The minimum atomic E-state index is -0.107. The molecule has 1 aliphatic carbocycles. The van der Waals surface area contributed by atoms with Crippen LogP contribution in [0.25, 0.3) is 0 Å². The lowest BCUT2D eigenvalue weighted by Crippen LogP contribution is -2.30. The summed E-state index contributed by atoms with van der Waals surface area (Å²) >= 11 is 9.50. The van der Waals surface area contributed by atoms with Gasteiger partial charge in [-0.15, -0.1) is 11.6 Å².